The van der Waals surface area contributed by atoms with Gasteiger partial charge in [-0.15, -0.1) is 0 Å². The van der Waals surface area contributed by atoms with Gasteiger partial charge in [0.25, 0.3) is 0 Å². The molecule has 1 rings (SSSR count). The lowest BCUT2D eigenvalue weighted by atomic mass is 10.0. The molecule has 0 saturated heterocycles. The lowest BCUT2D eigenvalue weighted by Gasteiger charge is -2.16. The SMILES string of the molecule is O=CN[C@H](CC(=O)O)c1cc(Br)ccc1Cl. The van der Waals surface area contributed by atoms with E-state index in [0.29, 0.717) is 17.0 Å². The molecular weight excluding hydrogens is 297 g/mol. The maximum absolute atomic E-state index is 10.6. The molecule has 0 aromatic heterocycles. The molecule has 0 radical (unpaired) electrons. The summed E-state index contributed by atoms with van der Waals surface area (Å²) < 4.78 is 0.773. The molecule has 0 heterocycles. The van der Waals surface area contributed by atoms with E-state index >= 15 is 0 Å². The predicted molar refractivity (Wildman–Crippen MR) is 63.3 cm³/mol. The van der Waals surface area contributed by atoms with Crippen LogP contribution in [-0.4, -0.2) is 17.5 Å². The third-order valence-corrected chi connectivity index (χ3v) is 2.82. The first-order valence-corrected chi connectivity index (χ1v) is 5.58. The van der Waals surface area contributed by atoms with Gasteiger partial charge < -0.3 is 10.4 Å². The molecule has 0 spiro atoms. The Hall–Kier alpha value is -1.07. The first kappa shape index (κ1) is 13.0. The number of carbonyl (C=O) groups is 2. The summed E-state index contributed by atoms with van der Waals surface area (Å²) in [4.78, 5) is 21.1. The monoisotopic (exact) mass is 305 g/mol. The molecule has 0 saturated carbocycles. The Morgan fingerprint density at radius 1 is 1.62 bits per heavy atom. The molecule has 1 aromatic carbocycles. The number of rotatable bonds is 5. The molecule has 0 unspecified atom stereocenters. The van der Waals surface area contributed by atoms with Crippen LogP contribution in [0.5, 0.6) is 0 Å². The summed E-state index contributed by atoms with van der Waals surface area (Å²) >= 11 is 9.20. The molecule has 16 heavy (non-hydrogen) atoms. The Labute approximate surface area is 106 Å². The fourth-order valence-corrected chi connectivity index (χ4v) is 1.93. The molecule has 1 amide bonds. The van der Waals surface area contributed by atoms with E-state index in [4.69, 9.17) is 16.7 Å². The molecule has 1 atom stereocenters. The predicted octanol–water partition coefficient (Wildman–Crippen LogP) is 2.36. The number of hydrogen-bond acceptors (Lipinski definition) is 2. The largest absolute Gasteiger partial charge is 0.481 e. The zero-order valence-electron chi connectivity index (χ0n) is 8.11. The van der Waals surface area contributed by atoms with Gasteiger partial charge in [0.2, 0.25) is 6.41 Å². The molecule has 2 N–H and O–H groups in total. The van der Waals surface area contributed by atoms with E-state index in [2.05, 4.69) is 21.2 Å². The zero-order chi connectivity index (χ0) is 12.1. The summed E-state index contributed by atoms with van der Waals surface area (Å²) in [5.74, 6) is -1.00. The van der Waals surface area contributed by atoms with Crippen LogP contribution >= 0.6 is 27.5 Å². The van der Waals surface area contributed by atoms with Gasteiger partial charge in [0.1, 0.15) is 0 Å². The van der Waals surface area contributed by atoms with E-state index < -0.39 is 12.0 Å². The molecule has 1 aromatic rings. The fourth-order valence-electron chi connectivity index (χ4n) is 1.30. The second-order valence-electron chi connectivity index (χ2n) is 3.10. The van der Waals surface area contributed by atoms with Gasteiger partial charge in [0.15, 0.2) is 0 Å². The van der Waals surface area contributed by atoms with Crippen LogP contribution in [0.25, 0.3) is 0 Å². The van der Waals surface area contributed by atoms with Gasteiger partial charge in [-0.1, -0.05) is 27.5 Å². The van der Waals surface area contributed by atoms with E-state index in [9.17, 15) is 9.59 Å². The average molecular weight is 307 g/mol. The molecular formula is C10H9BrClNO3. The first-order valence-electron chi connectivity index (χ1n) is 4.41. The van der Waals surface area contributed by atoms with Crippen molar-refractivity contribution < 1.29 is 14.7 Å². The summed E-state index contributed by atoms with van der Waals surface area (Å²) in [7, 11) is 0. The fraction of sp³-hybridized carbons (Fsp3) is 0.200. The second kappa shape index (κ2) is 5.86. The Balaban J connectivity index is 3.03. The van der Waals surface area contributed by atoms with Crippen LogP contribution in [0.15, 0.2) is 22.7 Å². The highest BCUT2D eigenvalue weighted by atomic mass is 79.9. The first-order chi connectivity index (χ1) is 7.54. The van der Waals surface area contributed by atoms with Gasteiger partial charge in [0.05, 0.1) is 12.5 Å². The van der Waals surface area contributed by atoms with Gasteiger partial charge in [-0.05, 0) is 23.8 Å². The second-order valence-corrected chi connectivity index (χ2v) is 4.42. The third kappa shape index (κ3) is 3.50. The molecule has 0 aliphatic heterocycles. The van der Waals surface area contributed by atoms with Crippen molar-refractivity contribution in [1.29, 1.82) is 0 Å². The smallest absolute Gasteiger partial charge is 0.305 e. The highest BCUT2D eigenvalue weighted by Gasteiger charge is 2.17. The number of carbonyl (C=O) groups excluding carboxylic acids is 1. The summed E-state index contributed by atoms with van der Waals surface area (Å²) in [6, 6.07) is 4.44. The Morgan fingerprint density at radius 3 is 2.88 bits per heavy atom. The van der Waals surface area contributed by atoms with Crippen LogP contribution < -0.4 is 5.32 Å². The number of halogens is 2. The summed E-state index contributed by atoms with van der Waals surface area (Å²) in [6.45, 7) is 0. The molecule has 6 heteroatoms. The van der Waals surface area contributed by atoms with Crippen LogP contribution in [0.1, 0.15) is 18.0 Å². The number of carboxylic acids is 1. The Kier molecular flexibility index (Phi) is 4.76. The maximum atomic E-state index is 10.6. The van der Waals surface area contributed by atoms with Gasteiger partial charge in [-0.2, -0.15) is 0 Å². The average Bonchev–Trinajstić information content (AvgIpc) is 2.20. The molecule has 0 fully saturated rings. The number of benzene rings is 1. The molecule has 86 valence electrons. The minimum Gasteiger partial charge on any atom is -0.481 e. The lowest BCUT2D eigenvalue weighted by molar-refractivity contribution is -0.137. The minimum atomic E-state index is -1.00. The van der Waals surface area contributed by atoms with Gasteiger partial charge in [-0.25, -0.2) is 0 Å². The number of carboxylic acid groups (broad SMARTS) is 1. The van der Waals surface area contributed by atoms with Crippen molar-refractivity contribution in [2.75, 3.05) is 0 Å². The number of hydrogen-bond donors (Lipinski definition) is 2. The van der Waals surface area contributed by atoms with E-state index in [1.165, 1.54) is 0 Å². The van der Waals surface area contributed by atoms with Crippen LogP contribution in [0, 0.1) is 0 Å². The zero-order valence-corrected chi connectivity index (χ0v) is 10.5. The molecule has 0 bridgehead atoms. The minimum absolute atomic E-state index is 0.213. The van der Waals surface area contributed by atoms with Gasteiger partial charge in [0, 0.05) is 9.50 Å². The number of nitrogens with one attached hydrogen (secondary N) is 1. The number of aliphatic carboxylic acids is 1. The lowest BCUT2D eigenvalue weighted by Crippen LogP contribution is -2.22. The highest BCUT2D eigenvalue weighted by molar-refractivity contribution is 9.10. The summed E-state index contributed by atoms with van der Waals surface area (Å²) in [5, 5.41) is 11.6. The Bertz CT molecular complexity index is 411. The van der Waals surface area contributed by atoms with Crippen molar-refractivity contribution in [3.05, 3.63) is 33.3 Å². The molecule has 4 nitrogen and oxygen atoms in total. The topological polar surface area (TPSA) is 66.4 Å². The molecule has 0 aliphatic carbocycles. The van der Waals surface area contributed by atoms with Crippen molar-refractivity contribution in [1.82, 2.24) is 5.32 Å². The van der Waals surface area contributed by atoms with Crippen molar-refractivity contribution in [3.63, 3.8) is 0 Å². The van der Waals surface area contributed by atoms with E-state index in [-0.39, 0.29) is 6.42 Å². The third-order valence-electron chi connectivity index (χ3n) is 1.98. The van der Waals surface area contributed by atoms with E-state index in [1.807, 2.05) is 0 Å². The van der Waals surface area contributed by atoms with Gasteiger partial charge in [-0.3, -0.25) is 9.59 Å². The van der Waals surface area contributed by atoms with Crippen LogP contribution in [0.2, 0.25) is 5.02 Å². The van der Waals surface area contributed by atoms with Crippen molar-refractivity contribution in [2.45, 2.75) is 12.5 Å². The quantitative estimate of drug-likeness (QED) is 0.821. The highest BCUT2D eigenvalue weighted by Crippen LogP contribution is 2.28. The maximum Gasteiger partial charge on any atom is 0.305 e. The van der Waals surface area contributed by atoms with Crippen molar-refractivity contribution in [3.8, 4) is 0 Å². The van der Waals surface area contributed by atoms with Crippen LogP contribution in [-0.2, 0) is 9.59 Å². The van der Waals surface area contributed by atoms with Crippen molar-refractivity contribution in [2.24, 2.45) is 0 Å². The van der Waals surface area contributed by atoms with Crippen molar-refractivity contribution >= 4 is 39.9 Å². The van der Waals surface area contributed by atoms with Crippen LogP contribution in [0.4, 0.5) is 0 Å². The molecule has 0 aliphatic rings. The summed E-state index contributed by atoms with van der Waals surface area (Å²) in [6.07, 6.45) is 0.250. The summed E-state index contributed by atoms with van der Waals surface area (Å²) in [5.41, 5.74) is 0.575. The number of amides is 1. The normalized spacial score (nSPS) is 11.9. The Morgan fingerprint density at radius 2 is 2.31 bits per heavy atom. The van der Waals surface area contributed by atoms with Gasteiger partial charge >= 0.3 is 5.97 Å². The van der Waals surface area contributed by atoms with E-state index in [1.54, 1.807) is 18.2 Å². The van der Waals surface area contributed by atoms with E-state index in [0.717, 1.165) is 4.47 Å². The standard InChI is InChI=1S/C10H9BrClNO3/c11-6-1-2-8(12)7(3-6)9(13-5-14)4-10(15)16/h1-3,5,9H,4H2,(H,13,14)(H,15,16)/t9-/m1/s1. The van der Waals surface area contributed by atoms with Crippen LogP contribution in [0.3, 0.4) is 0 Å².